The molecule has 0 radical (unpaired) electrons. The van der Waals surface area contributed by atoms with Crippen LogP contribution in [-0.2, 0) is 9.59 Å². The highest BCUT2D eigenvalue weighted by Crippen LogP contribution is 2.28. The number of nitrogens with zero attached hydrogens (tertiary/aromatic N) is 1. The van der Waals surface area contributed by atoms with Gasteiger partial charge in [0.1, 0.15) is 5.75 Å². The first-order valence-corrected chi connectivity index (χ1v) is 6.60. The number of carbonyl (C=O) groups excluding carboxylic acids is 1. The largest absolute Gasteiger partial charge is 0.481 e. The number of likely N-dealkylation sites (N-methyl/N-ethyl adjacent to an activating group) is 1. The minimum atomic E-state index is -2.99. The number of carboxylic acid groups (broad SMARTS) is 1. The summed E-state index contributed by atoms with van der Waals surface area (Å²) >= 11 is 5.76. The third-order valence-corrected chi connectivity index (χ3v) is 2.85. The van der Waals surface area contributed by atoms with Crippen LogP contribution in [0.4, 0.5) is 14.5 Å². The highest BCUT2D eigenvalue weighted by molar-refractivity contribution is 6.32. The van der Waals surface area contributed by atoms with Gasteiger partial charge in [0.2, 0.25) is 5.91 Å². The minimum absolute atomic E-state index is 0. The Morgan fingerprint density at radius 2 is 2.09 bits per heavy atom. The van der Waals surface area contributed by atoms with E-state index in [1.165, 1.54) is 18.2 Å². The molecule has 0 aliphatic rings. The van der Waals surface area contributed by atoms with Crippen molar-refractivity contribution in [2.45, 2.75) is 13.0 Å². The van der Waals surface area contributed by atoms with E-state index < -0.39 is 12.6 Å². The van der Waals surface area contributed by atoms with Gasteiger partial charge in [-0.05, 0) is 25.2 Å². The number of aliphatic carboxylic acids is 1. The maximum Gasteiger partial charge on any atom is 0.387 e. The molecule has 0 bridgehead atoms. The molecule has 0 aromatic heterocycles. The topological polar surface area (TPSA) is 78.9 Å². The molecule has 23 heavy (non-hydrogen) atoms. The van der Waals surface area contributed by atoms with E-state index in [0.29, 0.717) is 5.69 Å². The summed E-state index contributed by atoms with van der Waals surface area (Å²) in [7, 11) is 1.61. The predicted molar refractivity (Wildman–Crippen MR) is 83.7 cm³/mol. The average Bonchev–Trinajstić information content (AvgIpc) is 2.39. The summed E-state index contributed by atoms with van der Waals surface area (Å²) in [6.07, 6.45) is -0.0741. The van der Waals surface area contributed by atoms with Crippen LogP contribution in [0.25, 0.3) is 0 Å². The number of hydrogen-bond acceptors (Lipinski definition) is 4. The lowest BCUT2D eigenvalue weighted by Gasteiger charge is -2.15. The summed E-state index contributed by atoms with van der Waals surface area (Å²) in [6.45, 7) is -2.77. The fourth-order valence-electron chi connectivity index (χ4n) is 1.58. The molecule has 0 aliphatic heterocycles. The standard InChI is InChI=1S/C13H15ClF2N2O4.ClH/c1-18(5-4-12(20)21)7-11(19)17-8-2-3-10(9(14)6-8)22-13(15)16;/h2-3,6,13H,4-5,7H2,1H3,(H,17,19)(H,20,21);1H. The van der Waals surface area contributed by atoms with E-state index in [9.17, 15) is 18.4 Å². The Kier molecular flexibility index (Phi) is 9.47. The van der Waals surface area contributed by atoms with Gasteiger partial charge in [0.05, 0.1) is 18.0 Å². The van der Waals surface area contributed by atoms with Crippen molar-refractivity contribution in [1.29, 1.82) is 0 Å². The lowest BCUT2D eigenvalue weighted by Crippen LogP contribution is -2.31. The predicted octanol–water partition coefficient (Wildman–Crippen LogP) is 2.71. The van der Waals surface area contributed by atoms with Gasteiger partial charge in [-0.1, -0.05) is 11.6 Å². The molecule has 1 rings (SSSR count). The van der Waals surface area contributed by atoms with Crippen LogP contribution in [0.5, 0.6) is 5.75 Å². The van der Waals surface area contributed by atoms with Gasteiger partial charge in [-0.15, -0.1) is 12.4 Å². The molecule has 1 amide bonds. The van der Waals surface area contributed by atoms with E-state index in [1.54, 1.807) is 11.9 Å². The molecule has 1 aromatic rings. The second-order valence-corrected chi connectivity index (χ2v) is 4.86. The summed E-state index contributed by atoms with van der Waals surface area (Å²) in [5.74, 6) is -1.52. The summed E-state index contributed by atoms with van der Waals surface area (Å²) in [4.78, 5) is 23.7. The van der Waals surface area contributed by atoms with Crippen molar-refractivity contribution < 1.29 is 28.2 Å². The van der Waals surface area contributed by atoms with Gasteiger partial charge in [0, 0.05) is 12.2 Å². The number of nitrogens with one attached hydrogen (secondary N) is 1. The molecule has 6 nitrogen and oxygen atoms in total. The van der Waals surface area contributed by atoms with Crippen LogP contribution in [0.15, 0.2) is 18.2 Å². The number of benzene rings is 1. The molecule has 0 fully saturated rings. The Morgan fingerprint density at radius 1 is 1.43 bits per heavy atom. The van der Waals surface area contributed by atoms with E-state index in [2.05, 4.69) is 10.1 Å². The molecular weight excluding hydrogens is 357 g/mol. The Hall–Kier alpha value is -1.64. The quantitative estimate of drug-likeness (QED) is 0.733. The lowest BCUT2D eigenvalue weighted by molar-refractivity contribution is -0.137. The van der Waals surface area contributed by atoms with E-state index in [-0.39, 0.29) is 48.6 Å². The molecule has 0 atom stereocenters. The number of amides is 1. The maximum absolute atomic E-state index is 12.1. The zero-order valence-electron chi connectivity index (χ0n) is 12.1. The fourth-order valence-corrected chi connectivity index (χ4v) is 1.81. The van der Waals surface area contributed by atoms with Gasteiger partial charge in [-0.3, -0.25) is 14.5 Å². The van der Waals surface area contributed by atoms with Crippen molar-refractivity contribution in [1.82, 2.24) is 4.90 Å². The van der Waals surface area contributed by atoms with Crippen molar-refractivity contribution in [3.8, 4) is 5.75 Å². The molecule has 0 saturated heterocycles. The van der Waals surface area contributed by atoms with E-state index in [4.69, 9.17) is 16.7 Å². The number of carbonyl (C=O) groups is 2. The zero-order chi connectivity index (χ0) is 16.7. The number of halogens is 4. The number of rotatable bonds is 8. The SMILES string of the molecule is CN(CCC(=O)O)CC(=O)Nc1ccc(OC(F)F)c(Cl)c1.Cl. The second kappa shape index (κ2) is 10.2. The highest BCUT2D eigenvalue weighted by Gasteiger charge is 2.12. The fraction of sp³-hybridized carbons (Fsp3) is 0.385. The maximum atomic E-state index is 12.1. The third-order valence-electron chi connectivity index (χ3n) is 2.55. The van der Waals surface area contributed by atoms with Crippen LogP contribution < -0.4 is 10.1 Å². The van der Waals surface area contributed by atoms with Gasteiger partial charge in [0.25, 0.3) is 0 Å². The summed E-state index contributed by atoms with van der Waals surface area (Å²) in [5, 5.41) is 11.0. The number of ether oxygens (including phenoxy) is 1. The molecule has 0 aliphatic carbocycles. The van der Waals surface area contributed by atoms with Gasteiger partial charge < -0.3 is 15.2 Å². The normalized spacial score (nSPS) is 10.3. The van der Waals surface area contributed by atoms with Crippen molar-refractivity contribution in [2.24, 2.45) is 0 Å². The van der Waals surface area contributed by atoms with Crippen LogP contribution >= 0.6 is 24.0 Å². The number of carboxylic acids is 1. The Balaban J connectivity index is 0.00000484. The number of alkyl halides is 2. The molecule has 0 spiro atoms. The minimum Gasteiger partial charge on any atom is -0.481 e. The lowest BCUT2D eigenvalue weighted by atomic mass is 10.3. The molecule has 10 heteroatoms. The first kappa shape index (κ1) is 21.4. The number of anilines is 1. The van der Waals surface area contributed by atoms with Crippen LogP contribution in [0.3, 0.4) is 0 Å². The molecule has 0 saturated carbocycles. The van der Waals surface area contributed by atoms with Crippen molar-refractivity contribution >= 4 is 41.6 Å². The van der Waals surface area contributed by atoms with Crippen molar-refractivity contribution in [2.75, 3.05) is 25.5 Å². The second-order valence-electron chi connectivity index (χ2n) is 4.45. The van der Waals surface area contributed by atoms with E-state index in [1.807, 2.05) is 0 Å². The van der Waals surface area contributed by atoms with Gasteiger partial charge in [-0.2, -0.15) is 8.78 Å². The smallest absolute Gasteiger partial charge is 0.387 e. The molecule has 2 N–H and O–H groups in total. The molecule has 0 unspecified atom stereocenters. The molecular formula is C13H16Cl2F2N2O4. The van der Waals surface area contributed by atoms with Crippen LogP contribution in [-0.4, -0.2) is 48.6 Å². The Morgan fingerprint density at radius 3 is 2.61 bits per heavy atom. The first-order valence-electron chi connectivity index (χ1n) is 6.22. The molecule has 1 aromatic carbocycles. The highest BCUT2D eigenvalue weighted by atomic mass is 35.5. The van der Waals surface area contributed by atoms with Crippen molar-refractivity contribution in [3.63, 3.8) is 0 Å². The summed E-state index contributed by atoms with van der Waals surface area (Å²) < 4.78 is 28.4. The molecule has 0 heterocycles. The average molecular weight is 373 g/mol. The van der Waals surface area contributed by atoms with Gasteiger partial charge >= 0.3 is 12.6 Å². The van der Waals surface area contributed by atoms with Crippen molar-refractivity contribution in [3.05, 3.63) is 23.2 Å². The zero-order valence-corrected chi connectivity index (χ0v) is 13.7. The van der Waals surface area contributed by atoms with Gasteiger partial charge in [0.15, 0.2) is 0 Å². The van der Waals surface area contributed by atoms with Crippen LogP contribution in [0, 0.1) is 0 Å². The first-order chi connectivity index (χ1) is 10.3. The third kappa shape index (κ3) is 8.53. The van der Waals surface area contributed by atoms with Crippen LogP contribution in [0.2, 0.25) is 5.02 Å². The van der Waals surface area contributed by atoms with E-state index in [0.717, 1.165) is 0 Å². The van der Waals surface area contributed by atoms with Crippen LogP contribution in [0.1, 0.15) is 6.42 Å². The van der Waals surface area contributed by atoms with Gasteiger partial charge in [-0.25, -0.2) is 0 Å². The summed E-state index contributed by atoms with van der Waals surface area (Å²) in [5.41, 5.74) is 0.322. The number of hydrogen-bond donors (Lipinski definition) is 2. The monoisotopic (exact) mass is 372 g/mol. The Labute approximate surface area is 142 Å². The summed E-state index contributed by atoms with van der Waals surface area (Å²) in [6, 6.07) is 3.88. The van der Waals surface area contributed by atoms with E-state index >= 15 is 0 Å². The molecule has 130 valence electrons. The Bertz CT molecular complexity index is 547.